The summed E-state index contributed by atoms with van der Waals surface area (Å²) in [6, 6.07) is 0. The average Bonchev–Trinajstić information content (AvgIpc) is 3.01. The topological polar surface area (TPSA) is 142 Å². The van der Waals surface area contributed by atoms with E-state index >= 15 is 0 Å². The molecule has 2 aliphatic rings. The first kappa shape index (κ1) is 17.5. The van der Waals surface area contributed by atoms with Crippen LogP contribution >= 0.6 is 11.8 Å². The first-order chi connectivity index (χ1) is 12.4. The largest absolute Gasteiger partial charge is 0.394 e. The van der Waals surface area contributed by atoms with E-state index in [1.807, 2.05) is 6.26 Å². The quantitative estimate of drug-likeness (QED) is 0.352. The number of aliphatic hydroxyl groups excluding tert-OH is 2. The molecule has 0 aliphatic carbocycles. The Morgan fingerprint density at radius 2 is 2.27 bits per heavy atom. The van der Waals surface area contributed by atoms with Crippen LogP contribution in [-0.2, 0) is 9.53 Å². The summed E-state index contributed by atoms with van der Waals surface area (Å²) in [7, 11) is 0. The molecule has 0 spiro atoms. The fourth-order valence-electron chi connectivity index (χ4n) is 3.37. The number of carbonyl (C=O) groups excluding carboxylic acids is 1. The minimum atomic E-state index is -1.64. The van der Waals surface area contributed by atoms with E-state index in [0.29, 0.717) is 27.7 Å². The number of aromatic nitrogens is 3. The summed E-state index contributed by atoms with van der Waals surface area (Å²) in [6.45, 7) is 1.08. The summed E-state index contributed by atoms with van der Waals surface area (Å²) in [5.41, 5.74) is -0.586. The first-order valence-corrected chi connectivity index (χ1v) is 9.26. The highest BCUT2D eigenvalue weighted by molar-refractivity contribution is 7.98. The van der Waals surface area contributed by atoms with E-state index in [-0.39, 0.29) is 12.5 Å². The van der Waals surface area contributed by atoms with E-state index in [1.54, 1.807) is 10.8 Å². The third-order valence-electron chi connectivity index (χ3n) is 4.72. The SMILES string of the molecule is CSc1nc2c3c(cn(C4O[C@H](CO)[C@@H](O)[C@]4(C)O)c3n1)NCC(=O)N2. The van der Waals surface area contributed by atoms with Gasteiger partial charge in [0.05, 0.1) is 24.2 Å². The molecule has 4 rings (SSSR count). The van der Waals surface area contributed by atoms with Gasteiger partial charge in [0.15, 0.2) is 17.0 Å². The lowest BCUT2D eigenvalue weighted by Gasteiger charge is -2.27. The van der Waals surface area contributed by atoms with Gasteiger partial charge in [-0.3, -0.25) is 4.79 Å². The Bertz CT molecular complexity index is 885. The van der Waals surface area contributed by atoms with Gasteiger partial charge in [0.2, 0.25) is 5.91 Å². The van der Waals surface area contributed by atoms with Crippen molar-refractivity contribution in [3.05, 3.63) is 6.20 Å². The van der Waals surface area contributed by atoms with E-state index in [0.717, 1.165) is 0 Å². The van der Waals surface area contributed by atoms with E-state index in [1.165, 1.54) is 18.7 Å². The fourth-order valence-corrected chi connectivity index (χ4v) is 3.73. The molecule has 26 heavy (non-hydrogen) atoms. The van der Waals surface area contributed by atoms with Crippen LogP contribution < -0.4 is 10.6 Å². The lowest BCUT2D eigenvalue weighted by molar-refractivity contribution is -0.114. The monoisotopic (exact) mass is 381 g/mol. The molecule has 2 aromatic rings. The minimum Gasteiger partial charge on any atom is -0.394 e. The number of hydrogen-bond donors (Lipinski definition) is 5. The number of thioether (sulfide) groups is 1. The molecular formula is C15H19N5O5S. The van der Waals surface area contributed by atoms with Gasteiger partial charge >= 0.3 is 0 Å². The van der Waals surface area contributed by atoms with Gasteiger partial charge in [0.25, 0.3) is 0 Å². The smallest absolute Gasteiger partial charge is 0.244 e. The number of rotatable bonds is 3. The van der Waals surface area contributed by atoms with Crippen molar-refractivity contribution in [2.45, 2.75) is 36.1 Å². The maximum Gasteiger partial charge on any atom is 0.244 e. The molecule has 0 bridgehead atoms. The van der Waals surface area contributed by atoms with Crippen LogP contribution in [0.1, 0.15) is 13.2 Å². The van der Waals surface area contributed by atoms with Gasteiger partial charge in [0, 0.05) is 6.20 Å². The zero-order chi connectivity index (χ0) is 18.6. The van der Waals surface area contributed by atoms with E-state index in [4.69, 9.17) is 4.74 Å². The van der Waals surface area contributed by atoms with Gasteiger partial charge in [-0.1, -0.05) is 11.8 Å². The van der Waals surface area contributed by atoms with Crippen molar-refractivity contribution in [3.63, 3.8) is 0 Å². The zero-order valence-electron chi connectivity index (χ0n) is 14.1. The van der Waals surface area contributed by atoms with Crippen molar-refractivity contribution in [3.8, 4) is 0 Å². The highest BCUT2D eigenvalue weighted by Crippen LogP contribution is 2.43. The van der Waals surface area contributed by atoms with Crippen molar-refractivity contribution in [1.29, 1.82) is 0 Å². The number of nitrogens with zero attached hydrogens (tertiary/aromatic N) is 3. The summed E-state index contributed by atoms with van der Waals surface area (Å²) in [6.07, 6.45) is 0.323. The average molecular weight is 381 g/mol. The summed E-state index contributed by atoms with van der Waals surface area (Å²) in [5, 5.41) is 37.3. The second-order valence-electron chi connectivity index (χ2n) is 6.49. The Morgan fingerprint density at radius 1 is 1.50 bits per heavy atom. The molecule has 4 atom stereocenters. The van der Waals surface area contributed by atoms with Gasteiger partial charge in [-0.05, 0) is 13.2 Å². The molecular weight excluding hydrogens is 362 g/mol. The van der Waals surface area contributed by atoms with Crippen LogP contribution in [0, 0.1) is 0 Å². The molecule has 0 radical (unpaired) electrons. The maximum atomic E-state index is 11.9. The normalized spacial score (nSPS) is 31.0. The lowest BCUT2D eigenvalue weighted by Crippen LogP contribution is -2.44. The van der Waals surface area contributed by atoms with Gasteiger partial charge in [-0.2, -0.15) is 0 Å². The predicted molar refractivity (Wildman–Crippen MR) is 94.1 cm³/mol. The van der Waals surface area contributed by atoms with Gasteiger partial charge in [-0.25, -0.2) is 9.97 Å². The van der Waals surface area contributed by atoms with Crippen LogP contribution in [0.3, 0.4) is 0 Å². The molecule has 1 saturated heterocycles. The lowest BCUT2D eigenvalue weighted by atomic mass is 9.96. The van der Waals surface area contributed by atoms with Crippen LogP contribution in [-0.4, -0.2) is 73.0 Å². The molecule has 1 fully saturated rings. The Hall–Kier alpha value is -1.92. The Kier molecular flexibility index (Phi) is 4.08. The van der Waals surface area contributed by atoms with Crippen molar-refractivity contribution in [1.82, 2.24) is 14.5 Å². The Balaban J connectivity index is 1.92. The number of aliphatic hydroxyl groups is 3. The summed E-state index contributed by atoms with van der Waals surface area (Å²) in [5.74, 6) is 0.152. The Morgan fingerprint density at radius 3 is 2.92 bits per heavy atom. The minimum absolute atomic E-state index is 0.0634. The summed E-state index contributed by atoms with van der Waals surface area (Å²) in [4.78, 5) is 20.7. The van der Waals surface area contributed by atoms with E-state index < -0.39 is 30.6 Å². The first-order valence-electron chi connectivity index (χ1n) is 8.04. The third kappa shape index (κ3) is 2.47. The summed E-state index contributed by atoms with van der Waals surface area (Å²) >= 11 is 1.31. The molecule has 4 heterocycles. The second kappa shape index (κ2) is 6.06. The highest BCUT2D eigenvalue weighted by Gasteiger charge is 2.53. The molecule has 2 aromatic heterocycles. The fraction of sp³-hybridized carbons (Fsp3) is 0.533. The van der Waals surface area contributed by atoms with Gasteiger partial charge < -0.3 is 35.3 Å². The van der Waals surface area contributed by atoms with E-state index in [2.05, 4.69) is 20.6 Å². The van der Waals surface area contributed by atoms with Gasteiger partial charge in [0.1, 0.15) is 23.6 Å². The maximum absolute atomic E-state index is 11.9. The number of ether oxygens (including phenoxy) is 1. The van der Waals surface area contributed by atoms with Gasteiger partial charge in [-0.15, -0.1) is 0 Å². The number of hydrogen-bond acceptors (Lipinski definition) is 9. The van der Waals surface area contributed by atoms with Crippen LogP contribution in [0.4, 0.5) is 11.5 Å². The molecule has 140 valence electrons. The molecule has 10 nitrogen and oxygen atoms in total. The second-order valence-corrected chi connectivity index (χ2v) is 7.26. The van der Waals surface area contributed by atoms with Crippen LogP contribution in [0.5, 0.6) is 0 Å². The number of amides is 1. The molecule has 5 N–H and O–H groups in total. The number of carbonyl (C=O) groups is 1. The number of nitrogens with one attached hydrogen (secondary N) is 2. The van der Waals surface area contributed by atoms with E-state index in [9.17, 15) is 20.1 Å². The van der Waals surface area contributed by atoms with Crippen molar-refractivity contribution in [2.24, 2.45) is 0 Å². The zero-order valence-corrected chi connectivity index (χ0v) is 14.9. The molecule has 0 saturated carbocycles. The molecule has 2 aliphatic heterocycles. The van der Waals surface area contributed by atoms with Crippen LogP contribution in [0.2, 0.25) is 0 Å². The molecule has 1 unspecified atom stereocenters. The molecule has 1 amide bonds. The standard InChI is InChI=1S/C15H19N5O5S/c1-15(24)10(23)7(5-21)25-13(15)20-4-6-9-11(17-8(22)3-16-6)18-14(26-2)19-12(9)20/h4,7,10,13,16,21,23-24H,3,5H2,1-2H3,(H,17,18,19,22)/t7-,10-,13?,15+/m1/s1. The third-order valence-corrected chi connectivity index (χ3v) is 5.27. The molecule has 0 aromatic carbocycles. The predicted octanol–water partition coefficient (Wildman–Crippen LogP) is -0.481. The van der Waals surface area contributed by atoms with Crippen LogP contribution in [0.25, 0.3) is 11.0 Å². The van der Waals surface area contributed by atoms with Crippen molar-refractivity contribution >= 4 is 40.2 Å². The Labute approximate surface area is 152 Å². The number of anilines is 2. The van der Waals surface area contributed by atoms with Crippen molar-refractivity contribution in [2.75, 3.05) is 30.0 Å². The highest BCUT2D eigenvalue weighted by atomic mass is 32.2. The van der Waals surface area contributed by atoms with Crippen molar-refractivity contribution < 1.29 is 24.9 Å². The molecule has 11 heteroatoms. The summed E-state index contributed by atoms with van der Waals surface area (Å²) < 4.78 is 7.30. The van der Waals surface area contributed by atoms with Crippen LogP contribution in [0.15, 0.2) is 11.4 Å².